The van der Waals surface area contributed by atoms with Crippen molar-refractivity contribution in [3.05, 3.63) is 108 Å². The Morgan fingerprint density at radius 3 is 1.85 bits per heavy atom. The van der Waals surface area contributed by atoms with Gasteiger partial charge in [-0.1, -0.05) is 109 Å². The summed E-state index contributed by atoms with van der Waals surface area (Å²) in [6, 6.07) is 33.1. The van der Waals surface area contributed by atoms with Gasteiger partial charge in [-0.05, 0) is 22.0 Å². The molecule has 5 aromatic rings. The molecule has 0 heterocycles. The fraction of sp³-hybridized carbons (Fsp3) is 0.314. The van der Waals surface area contributed by atoms with Crippen molar-refractivity contribution < 1.29 is 20.8 Å². The molecule has 0 saturated heterocycles. The molecule has 5 rings (SSSR count). The molecular formula is C35H42Cl2SiZr. The summed E-state index contributed by atoms with van der Waals surface area (Å²) in [5.41, 5.74) is 7.25. The van der Waals surface area contributed by atoms with Crippen molar-refractivity contribution in [1.29, 1.82) is 0 Å². The summed E-state index contributed by atoms with van der Waals surface area (Å²) in [7, 11) is 11.0. The van der Waals surface area contributed by atoms with Crippen LogP contribution in [0.4, 0.5) is 0 Å². The van der Waals surface area contributed by atoms with E-state index in [0.717, 1.165) is 9.52 Å². The summed E-state index contributed by atoms with van der Waals surface area (Å²) in [6.07, 6.45) is 0. The summed E-state index contributed by atoms with van der Waals surface area (Å²) in [5.74, 6) is 0. The Bertz CT molecular complexity index is 1410. The van der Waals surface area contributed by atoms with Gasteiger partial charge in [0.25, 0.3) is 0 Å². The second-order valence-electron chi connectivity index (χ2n) is 11.8. The standard InChI is InChI=1S/C19H19.C14H17.C2H6Si.2ClH.Zr/c1-19(2,3)16-12-10-15(11-13-16)18-9-5-7-14-6-4-8-17(14)18;1-10-8-11-6-5-7-13(12(11)9-10)14(2,3)4;1-3-2;;;/h4-13H,1-3H3;5-9H,1-4H3;1-2H3;2*1H;/q2*-1;;;;+4/p-2. The van der Waals surface area contributed by atoms with Gasteiger partial charge in [0.15, 0.2) is 0 Å². The second kappa shape index (κ2) is 15.5. The number of halogens is 2. The summed E-state index contributed by atoms with van der Waals surface area (Å²) in [5, 5.41) is 5.44. The van der Waals surface area contributed by atoms with Crippen LogP contribution >= 0.6 is 17.0 Å². The molecule has 204 valence electrons. The molecule has 0 aliphatic rings. The van der Waals surface area contributed by atoms with Crippen molar-refractivity contribution in [2.24, 2.45) is 0 Å². The van der Waals surface area contributed by atoms with Crippen LogP contribution in [0.5, 0.6) is 0 Å². The van der Waals surface area contributed by atoms with Crippen LogP contribution in [0.1, 0.15) is 58.2 Å². The Hall–Kier alpha value is -1.44. The Kier molecular flexibility index (Phi) is 13.4. The summed E-state index contributed by atoms with van der Waals surface area (Å²) < 4.78 is 0. The molecule has 0 amide bonds. The summed E-state index contributed by atoms with van der Waals surface area (Å²) in [4.78, 5) is 0. The number of fused-ring (bicyclic) bond motifs is 2. The fourth-order valence-corrected chi connectivity index (χ4v) is 4.60. The average molecular weight is 653 g/mol. The first-order valence-electron chi connectivity index (χ1n) is 13.3. The van der Waals surface area contributed by atoms with E-state index in [0.29, 0.717) is 0 Å². The van der Waals surface area contributed by atoms with Gasteiger partial charge in [-0.2, -0.15) is 18.2 Å². The van der Waals surface area contributed by atoms with Crippen molar-refractivity contribution in [1.82, 2.24) is 0 Å². The van der Waals surface area contributed by atoms with E-state index in [1.807, 2.05) is 0 Å². The van der Waals surface area contributed by atoms with Crippen LogP contribution in [0.3, 0.4) is 0 Å². The van der Waals surface area contributed by atoms with Crippen LogP contribution in [0.15, 0.2) is 91.0 Å². The van der Waals surface area contributed by atoms with E-state index in [-0.39, 0.29) is 10.8 Å². The molecule has 4 heteroatoms. The van der Waals surface area contributed by atoms with Crippen molar-refractivity contribution in [3.63, 3.8) is 0 Å². The number of hydrogen-bond acceptors (Lipinski definition) is 0. The molecule has 0 aliphatic heterocycles. The third-order valence-electron chi connectivity index (χ3n) is 6.44. The Balaban J connectivity index is 0.000000235. The van der Waals surface area contributed by atoms with Crippen molar-refractivity contribution >= 4 is 48.1 Å². The first-order valence-corrected chi connectivity index (χ1v) is 21.7. The van der Waals surface area contributed by atoms with Crippen molar-refractivity contribution in [2.75, 3.05) is 0 Å². The van der Waals surface area contributed by atoms with Gasteiger partial charge in [-0.15, -0.1) is 63.5 Å². The van der Waals surface area contributed by atoms with E-state index in [4.69, 9.17) is 17.0 Å². The maximum atomic E-state index is 4.93. The third kappa shape index (κ3) is 9.86. The zero-order chi connectivity index (χ0) is 29.2. The molecule has 0 unspecified atom stereocenters. The first kappa shape index (κ1) is 33.8. The minimum absolute atomic E-state index is 0.213. The van der Waals surface area contributed by atoms with Gasteiger partial charge in [0.05, 0.1) is 0 Å². The molecule has 39 heavy (non-hydrogen) atoms. The van der Waals surface area contributed by atoms with E-state index < -0.39 is 20.8 Å². The van der Waals surface area contributed by atoms with E-state index in [1.54, 1.807) is 0 Å². The minimum atomic E-state index is -0.826. The van der Waals surface area contributed by atoms with Gasteiger partial charge in [0, 0.05) is 9.52 Å². The number of benzene rings is 3. The summed E-state index contributed by atoms with van der Waals surface area (Å²) >= 11 is -0.826. The molecule has 0 bridgehead atoms. The molecule has 0 N–H and O–H groups in total. The van der Waals surface area contributed by atoms with Crippen LogP contribution < -0.4 is 0 Å². The topological polar surface area (TPSA) is 0 Å². The zero-order valence-electron chi connectivity index (χ0n) is 24.9. The predicted molar refractivity (Wildman–Crippen MR) is 176 cm³/mol. The van der Waals surface area contributed by atoms with Crippen LogP contribution in [0, 0.1) is 6.92 Å². The van der Waals surface area contributed by atoms with Crippen LogP contribution in [-0.2, 0) is 31.7 Å². The molecule has 0 atom stereocenters. The van der Waals surface area contributed by atoms with Gasteiger partial charge < -0.3 is 0 Å². The third-order valence-corrected chi connectivity index (χ3v) is 6.44. The molecular weight excluding hydrogens is 611 g/mol. The van der Waals surface area contributed by atoms with Gasteiger partial charge in [-0.3, -0.25) is 0 Å². The van der Waals surface area contributed by atoms with Gasteiger partial charge >= 0.3 is 37.9 Å². The number of hydrogen-bond donors (Lipinski definition) is 0. The molecule has 0 spiro atoms. The van der Waals surface area contributed by atoms with Crippen LogP contribution in [-0.4, -0.2) is 9.52 Å². The Labute approximate surface area is 258 Å². The van der Waals surface area contributed by atoms with Crippen molar-refractivity contribution in [2.45, 2.75) is 72.4 Å². The van der Waals surface area contributed by atoms with E-state index in [2.05, 4.69) is 153 Å². The van der Waals surface area contributed by atoms with Gasteiger partial charge in [-0.25, -0.2) is 0 Å². The zero-order valence-corrected chi connectivity index (χ0v) is 29.9. The van der Waals surface area contributed by atoms with Gasteiger partial charge in [0.1, 0.15) is 0 Å². The molecule has 0 aromatic heterocycles. The SMILES string of the molecule is CC(C)(C)c1ccc(-c2cccc3[cH-]ccc23)cc1.C[Si]C.Cc1cc2c(C(C)(C)C)cccc2[cH-]1.[Cl][Zr+2][Cl]. The van der Waals surface area contributed by atoms with Gasteiger partial charge in [0.2, 0.25) is 0 Å². The molecule has 5 aromatic carbocycles. The summed E-state index contributed by atoms with van der Waals surface area (Å²) in [6.45, 7) is 20.0. The van der Waals surface area contributed by atoms with E-state index in [1.165, 1.54) is 49.4 Å². The predicted octanol–water partition coefficient (Wildman–Crippen LogP) is 11.9. The quantitative estimate of drug-likeness (QED) is 0.125. The van der Waals surface area contributed by atoms with E-state index in [9.17, 15) is 0 Å². The monoisotopic (exact) mass is 650 g/mol. The number of rotatable bonds is 1. The molecule has 0 nitrogen and oxygen atoms in total. The number of aryl methyl sites for hydroxylation is 1. The van der Waals surface area contributed by atoms with E-state index >= 15 is 0 Å². The molecule has 0 saturated carbocycles. The normalized spacial score (nSPS) is 10.9. The molecule has 2 radical (unpaired) electrons. The molecule has 0 aliphatic carbocycles. The molecule has 0 fully saturated rings. The maximum absolute atomic E-state index is 4.93. The average Bonchev–Trinajstić information content (AvgIpc) is 3.49. The Morgan fingerprint density at radius 2 is 1.28 bits per heavy atom. The first-order chi connectivity index (χ1) is 18.4. The Morgan fingerprint density at radius 1 is 0.718 bits per heavy atom. The van der Waals surface area contributed by atoms with Crippen molar-refractivity contribution in [3.8, 4) is 11.1 Å². The van der Waals surface area contributed by atoms with Crippen LogP contribution in [0.25, 0.3) is 32.7 Å². The van der Waals surface area contributed by atoms with Crippen LogP contribution in [0.2, 0.25) is 13.1 Å². The fourth-order valence-electron chi connectivity index (χ4n) is 4.60. The second-order valence-corrected chi connectivity index (χ2v) is 16.6.